The number of hydrogen-bond donors (Lipinski definition) is 1. The molecule has 0 aliphatic rings. The summed E-state index contributed by atoms with van der Waals surface area (Å²) in [5, 5.41) is 3.03. The van der Waals surface area contributed by atoms with E-state index in [0.29, 0.717) is 5.75 Å². The molecule has 0 fully saturated rings. The molecule has 5 heteroatoms. The minimum atomic E-state index is 0.0259. The van der Waals surface area contributed by atoms with Gasteiger partial charge in [0.05, 0.1) is 12.9 Å². The van der Waals surface area contributed by atoms with Gasteiger partial charge in [-0.15, -0.1) is 23.5 Å². The minimum Gasteiger partial charge on any atom is -0.497 e. The maximum absolute atomic E-state index is 12.3. The van der Waals surface area contributed by atoms with Gasteiger partial charge in [0.1, 0.15) is 5.75 Å². The molecule has 150 valence electrons. The highest BCUT2D eigenvalue weighted by Crippen LogP contribution is 2.25. The van der Waals surface area contributed by atoms with Crippen molar-refractivity contribution in [2.75, 3.05) is 18.2 Å². The molecule has 3 aromatic rings. The largest absolute Gasteiger partial charge is 0.497 e. The Balaban J connectivity index is 1.45. The SMILES string of the molecule is COc1ccc(CSCC(=O)Nc2ccc(CSc3ccccc3)cc2C)cc1. The van der Waals surface area contributed by atoms with Crippen LogP contribution in [0.1, 0.15) is 16.7 Å². The molecule has 29 heavy (non-hydrogen) atoms. The molecule has 1 N–H and O–H groups in total. The number of nitrogens with one attached hydrogen (secondary N) is 1. The second-order valence-electron chi connectivity index (χ2n) is 6.64. The molecule has 0 atom stereocenters. The van der Waals surface area contributed by atoms with Gasteiger partial charge in [-0.25, -0.2) is 0 Å². The Kier molecular flexibility index (Phi) is 8.08. The molecule has 0 spiro atoms. The lowest BCUT2D eigenvalue weighted by molar-refractivity contribution is -0.113. The number of aryl methyl sites for hydroxylation is 1. The molecule has 0 saturated carbocycles. The van der Waals surface area contributed by atoms with E-state index in [9.17, 15) is 4.79 Å². The average Bonchev–Trinajstić information content (AvgIpc) is 2.75. The highest BCUT2D eigenvalue weighted by atomic mass is 32.2. The molecule has 3 aromatic carbocycles. The number of anilines is 1. The molecule has 1 amide bonds. The van der Waals surface area contributed by atoms with Crippen molar-refractivity contribution in [2.45, 2.75) is 23.3 Å². The molecule has 3 rings (SSSR count). The van der Waals surface area contributed by atoms with E-state index in [4.69, 9.17) is 4.74 Å². The van der Waals surface area contributed by atoms with Gasteiger partial charge in [0.2, 0.25) is 5.91 Å². The summed E-state index contributed by atoms with van der Waals surface area (Å²) in [5.41, 5.74) is 4.40. The molecule has 3 nitrogen and oxygen atoms in total. The van der Waals surface area contributed by atoms with E-state index >= 15 is 0 Å². The fourth-order valence-corrected chi connectivity index (χ4v) is 4.46. The Morgan fingerprint density at radius 1 is 0.931 bits per heavy atom. The third-order valence-electron chi connectivity index (χ3n) is 4.37. The first kappa shape index (κ1) is 21.3. The van der Waals surface area contributed by atoms with Crippen LogP contribution in [0.25, 0.3) is 0 Å². The summed E-state index contributed by atoms with van der Waals surface area (Å²) >= 11 is 3.42. The molecule has 0 bridgehead atoms. The molecule has 0 unspecified atom stereocenters. The number of benzene rings is 3. The lowest BCUT2D eigenvalue weighted by Crippen LogP contribution is -2.15. The van der Waals surface area contributed by atoms with Crippen molar-refractivity contribution in [2.24, 2.45) is 0 Å². The summed E-state index contributed by atoms with van der Waals surface area (Å²) in [4.78, 5) is 13.6. The predicted octanol–water partition coefficient (Wildman–Crippen LogP) is 6.17. The normalized spacial score (nSPS) is 10.6. The highest BCUT2D eigenvalue weighted by Gasteiger charge is 2.07. The van der Waals surface area contributed by atoms with Crippen molar-refractivity contribution in [3.8, 4) is 5.75 Å². The standard InChI is InChI=1S/C24H25NO2S2/c1-18-14-20(16-29-22-6-4-3-5-7-22)10-13-23(18)25-24(26)17-28-15-19-8-11-21(27-2)12-9-19/h3-14H,15-17H2,1-2H3,(H,25,26). The number of carbonyl (C=O) groups excluding carboxylic acids is 1. The smallest absolute Gasteiger partial charge is 0.234 e. The minimum absolute atomic E-state index is 0.0259. The third-order valence-corrected chi connectivity index (χ3v) is 6.46. The van der Waals surface area contributed by atoms with Crippen LogP contribution in [0.15, 0.2) is 77.7 Å². The number of thioether (sulfide) groups is 2. The first-order valence-corrected chi connectivity index (χ1v) is 11.6. The van der Waals surface area contributed by atoms with Gasteiger partial charge < -0.3 is 10.1 Å². The lowest BCUT2D eigenvalue weighted by Gasteiger charge is -2.10. The van der Waals surface area contributed by atoms with Gasteiger partial charge in [0.25, 0.3) is 0 Å². The summed E-state index contributed by atoms with van der Waals surface area (Å²) in [7, 11) is 1.66. The van der Waals surface area contributed by atoms with Gasteiger partial charge in [-0.3, -0.25) is 4.79 Å². The van der Waals surface area contributed by atoms with Crippen LogP contribution >= 0.6 is 23.5 Å². The Labute approximate surface area is 181 Å². The fraction of sp³-hybridized carbons (Fsp3) is 0.208. The van der Waals surface area contributed by atoms with Gasteiger partial charge in [0.15, 0.2) is 0 Å². The maximum atomic E-state index is 12.3. The number of methoxy groups -OCH3 is 1. The van der Waals surface area contributed by atoms with Crippen LogP contribution in [0.4, 0.5) is 5.69 Å². The second kappa shape index (κ2) is 11.0. The Hall–Kier alpha value is -2.37. The van der Waals surface area contributed by atoms with Gasteiger partial charge in [-0.05, 0) is 53.9 Å². The summed E-state index contributed by atoms with van der Waals surface area (Å²) < 4.78 is 5.16. The zero-order valence-corrected chi connectivity index (χ0v) is 18.3. The molecule has 0 aromatic heterocycles. The number of hydrogen-bond acceptors (Lipinski definition) is 4. The van der Waals surface area contributed by atoms with Crippen LogP contribution in [0.2, 0.25) is 0 Å². The number of rotatable bonds is 9. The summed E-state index contributed by atoms with van der Waals surface area (Å²) in [6, 6.07) is 24.6. The van der Waals surface area contributed by atoms with Crippen LogP contribution in [-0.2, 0) is 16.3 Å². The van der Waals surface area contributed by atoms with Gasteiger partial charge in [-0.2, -0.15) is 0 Å². The maximum Gasteiger partial charge on any atom is 0.234 e. The van der Waals surface area contributed by atoms with Crippen LogP contribution < -0.4 is 10.1 Å². The van der Waals surface area contributed by atoms with E-state index in [-0.39, 0.29) is 5.91 Å². The van der Waals surface area contributed by atoms with Crippen molar-refractivity contribution in [3.63, 3.8) is 0 Å². The van der Waals surface area contributed by atoms with Gasteiger partial charge in [0, 0.05) is 22.1 Å². The monoisotopic (exact) mass is 423 g/mol. The summed E-state index contributed by atoms with van der Waals surface area (Å²) in [6.07, 6.45) is 0. The van der Waals surface area contributed by atoms with E-state index in [1.165, 1.54) is 16.0 Å². The van der Waals surface area contributed by atoms with Crippen molar-refractivity contribution in [1.82, 2.24) is 0 Å². The quantitative estimate of drug-likeness (QED) is 0.418. The first-order valence-electron chi connectivity index (χ1n) is 9.42. The van der Waals surface area contributed by atoms with Crippen molar-refractivity contribution >= 4 is 35.1 Å². The summed E-state index contributed by atoms with van der Waals surface area (Å²) in [5.74, 6) is 3.01. The molecule has 0 radical (unpaired) electrons. The fourth-order valence-electron chi connectivity index (χ4n) is 2.81. The van der Waals surface area contributed by atoms with Crippen LogP contribution in [0, 0.1) is 6.92 Å². The van der Waals surface area contributed by atoms with E-state index in [0.717, 1.165) is 28.5 Å². The Morgan fingerprint density at radius 3 is 2.34 bits per heavy atom. The predicted molar refractivity (Wildman–Crippen MR) is 125 cm³/mol. The molecule has 0 aliphatic heterocycles. The summed E-state index contributed by atoms with van der Waals surface area (Å²) in [6.45, 7) is 2.04. The van der Waals surface area contributed by atoms with Crippen molar-refractivity contribution in [1.29, 1.82) is 0 Å². The number of carbonyl (C=O) groups is 1. The zero-order valence-electron chi connectivity index (χ0n) is 16.7. The van der Waals surface area contributed by atoms with Crippen LogP contribution in [0.5, 0.6) is 5.75 Å². The number of ether oxygens (including phenoxy) is 1. The topological polar surface area (TPSA) is 38.3 Å². The van der Waals surface area contributed by atoms with Gasteiger partial charge in [-0.1, -0.05) is 42.5 Å². The average molecular weight is 424 g/mol. The van der Waals surface area contributed by atoms with Gasteiger partial charge >= 0.3 is 0 Å². The molecular weight excluding hydrogens is 398 g/mol. The van der Waals surface area contributed by atoms with E-state index < -0.39 is 0 Å². The molecular formula is C24H25NO2S2. The molecule has 0 heterocycles. The first-order chi connectivity index (χ1) is 14.1. The van der Waals surface area contributed by atoms with Crippen molar-refractivity contribution < 1.29 is 9.53 Å². The van der Waals surface area contributed by atoms with E-state index in [1.54, 1.807) is 18.9 Å². The second-order valence-corrected chi connectivity index (χ2v) is 8.67. The Morgan fingerprint density at radius 2 is 1.66 bits per heavy atom. The zero-order chi connectivity index (χ0) is 20.5. The van der Waals surface area contributed by atoms with E-state index in [1.807, 2.05) is 55.1 Å². The van der Waals surface area contributed by atoms with Crippen LogP contribution in [0.3, 0.4) is 0 Å². The molecule has 0 saturated heterocycles. The lowest BCUT2D eigenvalue weighted by atomic mass is 10.1. The molecule has 0 aliphatic carbocycles. The van der Waals surface area contributed by atoms with Crippen molar-refractivity contribution in [3.05, 3.63) is 89.5 Å². The van der Waals surface area contributed by atoms with E-state index in [2.05, 4.69) is 41.7 Å². The Bertz CT molecular complexity index is 927. The third kappa shape index (κ3) is 6.87. The van der Waals surface area contributed by atoms with Crippen LogP contribution in [-0.4, -0.2) is 18.8 Å². The number of amides is 1. The highest BCUT2D eigenvalue weighted by molar-refractivity contribution is 7.99.